The number of benzene rings is 2. The molecule has 0 saturated heterocycles. The van der Waals surface area contributed by atoms with E-state index in [0.29, 0.717) is 0 Å². The van der Waals surface area contributed by atoms with Gasteiger partial charge in [0.25, 0.3) is 0 Å². The molecule has 154 valence electrons. The molecule has 1 heterocycles. The molecule has 2 aromatic rings. The standard InChI is InChI=1S/C25H32N2O2/c1-18-8-10-20(11-9-18)19(2)24(28)27(3)22-12-14-25(15-13-22)17-26-16-21-6-4-5-7-23(21)29-25/h4-11,19,22,26H,12-17H2,1-3H3. The second kappa shape index (κ2) is 8.19. The van der Waals surface area contributed by atoms with Crippen molar-refractivity contribution in [3.8, 4) is 5.75 Å². The zero-order valence-electron chi connectivity index (χ0n) is 17.8. The second-order valence-electron chi connectivity index (χ2n) is 8.81. The second-order valence-corrected chi connectivity index (χ2v) is 8.81. The van der Waals surface area contributed by atoms with E-state index in [1.807, 2.05) is 24.9 Å². The Labute approximate surface area is 174 Å². The number of nitrogens with one attached hydrogen (secondary N) is 1. The molecule has 2 aliphatic rings. The molecular formula is C25H32N2O2. The molecule has 2 aromatic carbocycles. The van der Waals surface area contributed by atoms with E-state index in [1.165, 1.54) is 11.1 Å². The first-order valence-corrected chi connectivity index (χ1v) is 10.8. The summed E-state index contributed by atoms with van der Waals surface area (Å²) in [6.07, 6.45) is 3.89. The number of likely N-dealkylation sites (N-methyl/N-ethyl adjacent to an activating group) is 1. The van der Waals surface area contributed by atoms with E-state index in [-0.39, 0.29) is 23.5 Å². The highest BCUT2D eigenvalue weighted by atomic mass is 16.5. The summed E-state index contributed by atoms with van der Waals surface area (Å²) >= 11 is 0. The zero-order valence-corrected chi connectivity index (χ0v) is 17.8. The fraction of sp³-hybridized carbons (Fsp3) is 0.480. The smallest absolute Gasteiger partial charge is 0.229 e. The molecule has 4 rings (SSSR count). The number of rotatable bonds is 3. The van der Waals surface area contributed by atoms with Crippen LogP contribution in [0.3, 0.4) is 0 Å². The molecule has 1 aliphatic heterocycles. The Bertz CT molecular complexity index is 853. The largest absolute Gasteiger partial charge is 0.486 e. The number of carbonyl (C=O) groups is 1. The van der Waals surface area contributed by atoms with E-state index in [9.17, 15) is 4.79 Å². The third-order valence-corrected chi connectivity index (χ3v) is 6.77. The number of carbonyl (C=O) groups excluding carboxylic acids is 1. The molecule has 4 heteroatoms. The molecule has 29 heavy (non-hydrogen) atoms. The lowest BCUT2D eigenvalue weighted by Gasteiger charge is -2.42. The quantitative estimate of drug-likeness (QED) is 0.841. The molecule has 0 aromatic heterocycles. The first-order valence-electron chi connectivity index (χ1n) is 10.8. The minimum atomic E-state index is -0.157. The van der Waals surface area contributed by atoms with E-state index >= 15 is 0 Å². The van der Waals surface area contributed by atoms with Gasteiger partial charge in [-0.15, -0.1) is 0 Å². The van der Waals surface area contributed by atoms with Crippen LogP contribution in [0.15, 0.2) is 48.5 Å². The summed E-state index contributed by atoms with van der Waals surface area (Å²) in [5.74, 6) is 1.10. The fourth-order valence-corrected chi connectivity index (χ4v) is 4.72. The van der Waals surface area contributed by atoms with Gasteiger partial charge in [-0.3, -0.25) is 4.79 Å². The molecule has 1 atom stereocenters. The first kappa shape index (κ1) is 20.0. The molecule has 1 N–H and O–H groups in total. The highest BCUT2D eigenvalue weighted by Crippen LogP contribution is 2.37. The van der Waals surface area contributed by atoms with Crippen molar-refractivity contribution in [2.75, 3.05) is 13.6 Å². The van der Waals surface area contributed by atoms with Crippen LogP contribution in [-0.2, 0) is 11.3 Å². The summed E-state index contributed by atoms with van der Waals surface area (Å²) in [5, 5.41) is 3.57. The molecule has 1 fully saturated rings. The number of hydrogen-bond acceptors (Lipinski definition) is 3. The normalized spacial score (nSPS) is 24.9. The van der Waals surface area contributed by atoms with E-state index in [1.54, 1.807) is 0 Å². The van der Waals surface area contributed by atoms with Crippen LogP contribution in [0.2, 0.25) is 0 Å². The van der Waals surface area contributed by atoms with Gasteiger partial charge in [-0.2, -0.15) is 0 Å². The van der Waals surface area contributed by atoms with Gasteiger partial charge in [0.05, 0.1) is 5.92 Å². The lowest BCUT2D eigenvalue weighted by atomic mass is 9.81. The number of amides is 1. The van der Waals surface area contributed by atoms with Crippen LogP contribution in [0.1, 0.15) is 55.2 Å². The van der Waals surface area contributed by atoms with E-state index in [4.69, 9.17) is 4.74 Å². The van der Waals surface area contributed by atoms with Crippen LogP contribution in [-0.4, -0.2) is 36.0 Å². The highest BCUT2D eigenvalue weighted by molar-refractivity contribution is 5.83. The van der Waals surface area contributed by atoms with Crippen molar-refractivity contribution in [1.82, 2.24) is 10.2 Å². The monoisotopic (exact) mass is 392 g/mol. The Hall–Kier alpha value is -2.33. The molecule has 1 unspecified atom stereocenters. The minimum Gasteiger partial charge on any atom is -0.486 e. The van der Waals surface area contributed by atoms with Gasteiger partial charge in [0.15, 0.2) is 0 Å². The number of fused-ring (bicyclic) bond motifs is 1. The maximum atomic E-state index is 13.1. The Morgan fingerprint density at radius 1 is 1.14 bits per heavy atom. The predicted molar refractivity (Wildman–Crippen MR) is 116 cm³/mol. The average Bonchev–Trinajstić information content (AvgIpc) is 2.92. The van der Waals surface area contributed by atoms with Crippen molar-refractivity contribution >= 4 is 5.91 Å². The van der Waals surface area contributed by atoms with E-state index in [2.05, 4.69) is 54.7 Å². The zero-order chi connectivity index (χ0) is 20.4. The Balaban J connectivity index is 1.40. The maximum absolute atomic E-state index is 13.1. The SMILES string of the molecule is Cc1ccc(C(C)C(=O)N(C)C2CCC3(CC2)CNCc2ccccc2O3)cc1. The fourth-order valence-electron chi connectivity index (χ4n) is 4.72. The summed E-state index contributed by atoms with van der Waals surface area (Å²) in [6.45, 7) is 5.81. The van der Waals surface area contributed by atoms with Gasteiger partial charge in [-0.1, -0.05) is 48.0 Å². The minimum absolute atomic E-state index is 0.112. The van der Waals surface area contributed by atoms with Crippen molar-refractivity contribution in [1.29, 1.82) is 0 Å². The van der Waals surface area contributed by atoms with Crippen molar-refractivity contribution in [2.24, 2.45) is 0 Å². The van der Waals surface area contributed by atoms with Crippen molar-refractivity contribution < 1.29 is 9.53 Å². The molecule has 4 nitrogen and oxygen atoms in total. The molecule has 0 bridgehead atoms. The van der Waals surface area contributed by atoms with Gasteiger partial charge in [0.2, 0.25) is 5.91 Å². The molecule has 1 amide bonds. The van der Waals surface area contributed by atoms with Crippen LogP contribution in [0.25, 0.3) is 0 Å². The summed E-state index contributed by atoms with van der Waals surface area (Å²) < 4.78 is 6.54. The van der Waals surface area contributed by atoms with E-state index < -0.39 is 0 Å². The number of ether oxygens (including phenoxy) is 1. The lowest BCUT2D eigenvalue weighted by Crippen LogP contribution is -2.51. The summed E-state index contributed by atoms with van der Waals surface area (Å²) in [5.41, 5.74) is 3.38. The Morgan fingerprint density at radius 2 is 1.83 bits per heavy atom. The summed E-state index contributed by atoms with van der Waals surface area (Å²) in [7, 11) is 1.97. The maximum Gasteiger partial charge on any atom is 0.229 e. The van der Waals surface area contributed by atoms with Gasteiger partial charge >= 0.3 is 0 Å². The molecule has 1 aliphatic carbocycles. The topological polar surface area (TPSA) is 41.6 Å². The van der Waals surface area contributed by atoms with Gasteiger partial charge < -0.3 is 15.0 Å². The number of hydrogen-bond donors (Lipinski definition) is 1. The van der Waals surface area contributed by atoms with Crippen LogP contribution >= 0.6 is 0 Å². The van der Waals surface area contributed by atoms with Crippen LogP contribution in [0.5, 0.6) is 5.75 Å². The summed E-state index contributed by atoms with van der Waals surface area (Å²) in [6, 6.07) is 16.9. The Morgan fingerprint density at radius 3 is 2.55 bits per heavy atom. The van der Waals surface area contributed by atoms with Crippen molar-refractivity contribution in [3.63, 3.8) is 0 Å². The van der Waals surface area contributed by atoms with Gasteiger partial charge in [0.1, 0.15) is 11.4 Å². The molecule has 0 radical (unpaired) electrons. The van der Waals surface area contributed by atoms with Crippen molar-refractivity contribution in [3.05, 3.63) is 65.2 Å². The van der Waals surface area contributed by atoms with Gasteiger partial charge in [-0.25, -0.2) is 0 Å². The molecule has 1 saturated carbocycles. The third kappa shape index (κ3) is 4.18. The Kier molecular flexibility index (Phi) is 5.64. The predicted octanol–water partition coefficient (Wildman–Crippen LogP) is 4.42. The summed E-state index contributed by atoms with van der Waals surface area (Å²) in [4.78, 5) is 15.1. The van der Waals surface area contributed by atoms with Crippen LogP contribution < -0.4 is 10.1 Å². The molecular weight excluding hydrogens is 360 g/mol. The number of para-hydroxylation sites is 1. The van der Waals surface area contributed by atoms with Gasteiger partial charge in [-0.05, 0) is 51.2 Å². The molecule has 1 spiro atoms. The highest BCUT2D eigenvalue weighted by Gasteiger charge is 2.40. The average molecular weight is 393 g/mol. The first-order chi connectivity index (χ1) is 14.0. The third-order valence-electron chi connectivity index (χ3n) is 6.77. The van der Waals surface area contributed by atoms with E-state index in [0.717, 1.165) is 50.1 Å². The lowest BCUT2D eigenvalue weighted by molar-refractivity contribution is -0.134. The van der Waals surface area contributed by atoms with Crippen LogP contribution in [0, 0.1) is 6.92 Å². The number of aryl methyl sites for hydroxylation is 1. The number of nitrogens with zero attached hydrogens (tertiary/aromatic N) is 1. The van der Waals surface area contributed by atoms with Crippen LogP contribution in [0.4, 0.5) is 0 Å². The van der Waals surface area contributed by atoms with Gasteiger partial charge in [0, 0.05) is 31.7 Å². The van der Waals surface area contributed by atoms with Crippen molar-refractivity contribution in [2.45, 2.75) is 63.6 Å².